The highest BCUT2D eigenvalue weighted by molar-refractivity contribution is 6.30. The maximum absolute atomic E-state index is 14.4. The molecule has 3 amide bonds. The second-order valence-corrected chi connectivity index (χ2v) is 12.8. The molecule has 2 aromatic carbocycles. The molecule has 3 fully saturated rings. The molecule has 3 unspecified atom stereocenters. The van der Waals surface area contributed by atoms with Gasteiger partial charge in [0, 0.05) is 16.4 Å². The molecule has 0 aromatic heterocycles. The fraction of sp³-hybridized carbons (Fsp3) is 0.531. The first-order chi connectivity index (χ1) is 19.9. The van der Waals surface area contributed by atoms with E-state index >= 15 is 0 Å². The number of halogens is 1. The van der Waals surface area contributed by atoms with Crippen molar-refractivity contribution >= 4 is 40.7 Å². The smallest absolute Gasteiger partial charge is 0.250 e. The van der Waals surface area contributed by atoms with Crippen molar-refractivity contribution in [2.24, 2.45) is 23.7 Å². The van der Waals surface area contributed by atoms with Crippen LogP contribution in [-0.2, 0) is 19.1 Å². The van der Waals surface area contributed by atoms with Gasteiger partial charge in [0.05, 0.1) is 36.7 Å². The van der Waals surface area contributed by atoms with Crippen LogP contribution >= 0.6 is 11.6 Å². The van der Waals surface area contributed by atoms with Crippen LogP contribution in [0.2, 0.25) is 5.02 Å². The lowest BCUT2D eigenvalue weighted by molar-refractivity contribution is -0.148. The maximum Gasteiger partial charge on any atom is 0.250 e. The van der Waals surface area contributed by atoms with E-state index in [2.05, 4.69) is 10.6 Å². The zero-order valence-electron chi connectivity index (χ0n) is 24.7. The summed E-state index contributed by atoms with van der Waals surface area (Å²) in [5.41, 5.74) is -1.10. The van der Waals surface area contributed by atoms with Crippen molar-refractivity contribution in [1.29, 1.82) is 0 Å². The molecule has 2 aromatic rings. The van der Waals surface area contributed by atoms with E-state index in [9.17, 15) is 19.5 Å². The van der Waals surface area contributed by atoms with Gasteiger partial charge in [-0.15, -0.1) is 0 Å². The number of nitrogens with zero attached hydrogens (tertiary/aromatic N) is 1. The molecular weight excluding hydrogens is 558 g/mol. The molecule has 3 aliphatic rings. The standard InChI is InChI=1S/C32H40ClN3O6/c1-6-41-24-13-11-22(12-14-24)34-28(38)25-26-30(40)36(23(17-37)15-18(2)3)27(32(26)16-19(4)31(25,5)42-32)29(39)35-21-9-7-20(33)8-10-21/h7-14,18-19,23,25-27,37H,6,15-17H2,1-5H3,(H,34,38)(H,35,39)/t19?,23-,25-,26+,27?,31+,32?/m1/s1. The predicted octanol–water partition coefficient (Wildman–Crippen LogP) is 4.73. The third-order valence-electron chi connectivity index (χ3n) is 9.18. The third kappa shape index (κ3) is 5.05. The summed E-state index contributed by atoms with van der Waals surface area (Å²) in [6, 6.07) is 12.2. The second-order valence-electron chi connectivity index (χ2n) is 12.4. The molecule has 226 valence electrons. The Hall–Kier alpha value is -3.14. The molecule has 42 heavy (non-hydrogen) atoms. The van der Waals surface area contributed by atoms with Gasteiger partial charge in [0.15, 0.2) is 0 Å². The third-order valence-corrected chi connectivity index (χ3v) is 9.43. The van der Waals surface area contributed by atoms with E-state index in [-0.39, 0.29) is 30.3 Å². The van der Waals surface area contributed by atoms with Crippen LogP contribution in [0.1, 0.15) is 47.5 Å². The van der Waals surface area contributed by atoms with Gasteiger partial charge in [-0.1, -0.05) is 32.4 Å². The first-order valence-corrected chi connectivity index (χ1v) is 15.1. The number of ether oxygens (including phenoxy) is 2. The van der Waals surface area contributed by atoms with Crippen LogP contribution in [-0.4, -0.2) is 64.2 Å². The van der Waals surface area contributed by atoms with Gasteiger partial charge in [0.25, 0.3) is 0 Å². The molecule has 0 aliphatic carbocycles. The van der Waals surface area contributed by atoms with Crippen LogP contribution in [0.4, 0.5) is 11.4 Å². The summed E-state index contributed by atoms with van der Waals surface area (Å²) in [4.78, 5) is 44.1. The minimum Gasteiger partial charge on any atom is -0.494 e. The molecule has 3 saturated heterocycles. The predicted molar refractivity (Wildman–Crippen MR) is 160 cm³/mol. The van der Waals surface area contributed by atoms with E-state index < -0.39 is 41.0 Å². The summed E-state index contributed by atoms with van der Waals surface area (Å²) in [7, 11) is 0. The molecule has 3 N–H and O–H groups in total. The summed E-state index contributed by atoms with van der Waals surface area (Å²) in [6.45, 7) is 10.00. The van der Waals surface area contributed by atoms with E-state index in [1.807, 2.05) is 34.6 Å². The summed E-state index contributed by atoms with van der Waals surface area (Å²) in [5.74, 6) is -2.08. The number of aliphatic hydroxyl groups is 1. The number of likely N-dealkylation sites (tertiary alicyclic amines) is 1. The van der Waals surface area contributed by atoms with Crippen LogP contribution in [0, 0.1) is 23.7 Å². The average molecular weight is 598 g/mol. The Morgan fingerprint density at radius 1 is 1.10 bits per heavy atom. The largest absolute Gasteiger partial charge is 0.494 e. The van der Waals surface area contributed by atoms with Gasteiger partial charge >= 0.3 is 0 Å². The summed E-state index contributed by atoms with van der Waals surface area (Å²) < 4.78 is 12.3. The molecule has 2 bridgehead atoms. The van der Waals surface area contributed by atoms with Crippen molar-refractivity contribution < 1.29 is 29.0 Å². The number of rotatable bonds is 10. The van der Waals surface area contributed by atoms with Gasteiger partial charge in [-0.3, -0.25) is 14.4 Å². The molecule has 7 atom stereocenters. The number of amides is 3. The lowest BCUT2D eigenvalue weighted by Crippen LogP contribution is -2.56. The van der Waals surface area contributed by atoms with Gasteiger partial charge in [-0.05, 0) is 87.1 Å². The van der Waals surface area contributed by atoms with Gasteiger partial charge in [-0.25, -0.2) is 0 Å². The number of fused-ring (bicyclic) bond motifs is 1. The number of carbonyl (C=O) groups excluding carboxylic acids is 3. The maximum atomic E-state index is 14.4. The summed E-state index contributed by atoms with van der Waals surface area (Å²) in [6.07, 6.45) is 0.924. The number of anilines is 2. The van der Waals surface area contributed by atoms with Crippen LogP contribution in [0.25, 0.3) is 0 Å². The molecular formula is C32H40ClN3O6. The van der Waals surface area contributed by atoms with E-state index in [1.165, 1.54) is 4.90 Å². The highest BCUT2D eigenvalue weighted by atomic mass is 35.5. The first kappa shape index (κ1) is 30.3. The lowest BCUT2D eigenvalue weighted by Gasteiger charge is -2.37. The zero-order chi connectivity index (χ0) is 30.4. The number of hydrogen-bond donors (Lipinski definition) is 3. The minimum atomic E-state index is -1.23. The first-order valence-electron chi connectivity index (χ1n) is 14.7. The van der Waals surface area contributed by atoms with Crippen LogP contribution in [0.3, 0.4) is 0 Å². The van der Waals surface area contributed by atoms with E-state index in [0.29, 0.717) is 41.6 Å². The Morgan fingerprint density at radius 2 is 1.69 bits per heavy atom. The number of nitrogens with one attached hydrogen (secondary N) is 2. The molecule has 0 radical (unpaired) electrons. The molecule has 3 heterocycles. The second kappa shape index (κ2) is 11.5. The van der Waals surface area contributed by atoms with Crippen LogP contribution < -0.4 is 15.4 Å². The number of hydrogen-bond acceptors (Lipinski definition) is 6. The highest BCUT2D eigenvalue weighted by Gasteiger charge is 2.80. The minimum absolute atomic E-state index is 0.110. The topological polar surface area (TPSA) is 117 Å². The van der Waals surface area contributed by atoms with Crippen molar-refractivity contribution in [2.75, 3.05) is 23.8 Å². The van der Waals surface area contributed by atoms with Crippen molar-refractivity contribution in [3.63, 3.8) is 0 Å². The normalized spacial score (nSPS) is 30.4. The molecule has 10 heteroatoms. The highest BCUT2D eigenvalue weighted by Crippen LogP contribution is 2.65. The summed E-state index contributed by atoms with van der Waals surface area (Å²) >= 11 is 6.05. The molecule has 9 nitrogen and oxygen atoms in total. The molecule has 3 aliphatic heterocycles. The fourth-order valence-electron chi connectivity index (χ4n) is 7.35. The number of benzene rings is 2. The monoisotopic (exact) mass is 597 g/mol. The zero-order valence-corrected chi connectivity index (χ0v) is 25.5. The Kier molecular flexibility index (Phi) is 8.31. The van der Waals surface area contributed by atoms with E-state index in [1.54, 1.807) is 48.5 Å². The Balaban J connectivity index is 1.53. The fourth-order valence-corrected chi connectivity index (χ4v) is 7.48. The van der Waals surface area contributed by atoms with E-state index in [4.69, 9.17) is 21.1 Å². The van der Waals surface area contributed by atoms with E-state index in [0.717, 1.165) is 0 Å². The summed E-state index contributed by atoms with van der Waals surface area (Å²) in [5, 5.41) is 16.9. The molecule has 5 rings (SSSR count). The Labute approximate surface area is 251 Å². The number of aliphatic hydroxyl groups excluding tert-OH is 1. The molecule has 0 saturated carbocycles. The van der Waals surface area contributed by atoms with Gasteiger partial charge in [0.1, 0.15) is 17.4 Å². The average Bonchev–Trinajstić information content (AvgIpc) is 3.46. The Bertz CT molecular complexity index is 1330. The van der Waals surface area contributed by atoms with Crippen molar-refractivity contribution in [3.05, 3.63) is 53.6 Å². The van der Waals surface area contributed by atoms with Gasteiger partial charge < -0.3 is 30.1 Å². The van der Waals surface area contributed by atoms with Crippen molar-refractivity contribution in [2.45, 2.75) is 70.7 Å². The van der Waals surface area contributed by atoms with Gasteiger partial charge in [0.2, 0.25) is 17.7 Å². The van der Waals surface area contributed by atoms with Gasteiger partial charge in [-0.2, -0.15) is 0 Å². The Morgan fingerprint density at radius 3 is 2.26 bits per heavy atom. The van der Waals surface area contributed by atoms with Crippen LogP contribution in [0.15, 0.2) is 48.5 Å². The quantitative estimate of drug-likeness (QED) is 0.364. The molecule has 1 spiro atoms. The number of carbonyl (C=O) groups is 3. The lowest BCUT2D eigenvalue weighted by atomic mass is 9.62. The van der Waals surface area contributed by atoms with Crippen molar-refractivity contribution in [3.8, 4) is 5.75 Å². The SMILES string of the molecule is CCOc1ccc(NC(=O)[C@H]2[C@H]3C(=O)N([C@@H](CO)CC(C)C)C(C(=O)Nc4ccc(Cl)cc4)C34CC(C)[C@]2(C)O4)cc1. The van der Waals surface area contributed by atoms with Crippen LogP contribution in [0.5, 0.6) is 5.75 Å². The van der Waals surface area contributed by atoms with Crippen molar-refractivity contribution in [1.82, 2.24) is 4.90 Å².